The molecule has 2 heterocycles. The summed E-state index contributed by atoms with van der Waals surface area (Å²) in [7, 11) is 0. The summed E-state index contributed by atoms with van der Waals surface area (Å²) in [5.41, 5.74) is 6.53. The molecule has 1 saturated heterocycles. The number of nitrogens with two attached hydrogens (primary N) is 1. The molecule has 0 spiro atoms. The molecule has 122 valence electrons. The minimum absolute atomic E-state index is 0.0437. The van der Waals surface area contributed by atoms with E-state index in [-0.39, 0.29) is 5.82 Å². The monoisotopic (exact) mass is 314 g/mol. The fourth-order valence-electron chi connectivity index (χ4n) is 3.17. The molecular weight excluding hydrogens is 292 g/mol. The summed E-state index contributed by atoms with van der Waals surface area (Å²) in [5, 5.41) is 3.61. The van der Waals surface area contributed by atoms with Gasteiger partial charge in [0.1, 0.15) is 0 Å². The number of carbonyl (C=O) groups is 1. The molecule has 23 heavy (non-hydrogen) atoms. The van der Waals surface area contributed by atoms with Crippen molar-refractivity contribution in [3.63, 3.8) is 0 Å². The van der Waals surface area contributed by atoms with Crippen molar-refractivity contribution in [2.45, 2.75) is 44.7 Å². The van der Waals surface area contributed by atoms with Gasteiger partial charge in [-0.25, -0.2) is 0 Å². The zero-order valence-electron chi connectivity index (χ0n) is 13.1. The lowest BCUT2D eigenvalue weighted by atomic mass is 9.96. The highest BCUT2D eigenvalue weighted by Gasteiger charge is 2.24. The summed E-state index contributed by atoms with van der Waals surface area (Å²) in [4.78, 5) is 17.5. The van der Waals surface area contributed by atoms with Crippen molar-refractivity contribution >= 4 is 5.91 Å². The van der Waals surface area contributed by atoms with Gasteiger partial charge in [0.05, 0.1) is 6.54 Å². The molecule has 1 atom stereocenters. The number of benzene rings is 1. The third-order valence-electron chi connectivity index (χ3n) is 4.38. The number of aromatic nitrogens is 2. The molecule has 1 aromatic carbocycles. The molecule has 1 amide bonds. The molecule has 3 rings (SSSR count). The number of rotatable bonds is 6. The first kappa shape index (κ1) is 15.7. The fourth-order valence-corrected chi connectivity index (χ4v) is 3.17. The van der Waals surface area contributed by atoms with Crippen LogP contribution in [0.4, 0.5) is 0 Å². The van der Waals surface area contributed by atoms with E-state index in [1.807, 2.05) is 6.07 Å². The number of nitrogens with zero attached hydrogens (tertiary/aromatic N) is 3. The first-order chi connectivity index (χ1) is 11.2. The molecule has 1 fully saturated rings. The van der Waals surface area contributed by atoms with Gasteiger partial charge in [-0.2, -0.15) is 4.98 Å². The second-order valence-corrected chi connectivity index (χ2v) is 6.02. The first-order valence-corrected chi connectivity index (χ1v) is 8.13. The Kier molecular flexibility index (Phi) is 5.02. The van der Waals surface area contributed by atoms with Crippen molar-refractivity contribution in [1.82, 2.24) is 15.0 Å². The first-order valence-electron chi connectivity index (χ1n) is 8.13. The average Bonchev–Trinajstić information content (AvgIpc) is 3.04. The van der Waals surface area contributed by atoms with Crippen LogP contribution in [0, 0.1) is 0 Å². The van der Waals surface area contributed by atoms with Crippen LogP contribution in [0.2, 0.25) is 0 Å². The number of carbonyl (C=O) groups excluding carboxylic acids is 1. The van der Waals surface area contributed by atoms with E-state index in [9.17, 15) is 4.79 Å². The molecule has 6 heteroatoms. The Labute approximate surface area is 135 Å². The van der Waals surface area contributed by atoms with Crippen LogP contribution in [0.25, 0.3) is 0 Å². The van der Waals surface area contributed by atoms with E-state index >= 15 is 0 Å². The van der Waals surface area contributed by atoms with Crippen molar-refractivity contribution < 1.29 is 9.32 Å². The summed E-state index contributed by atoms with van der Waals surface area (Å²) in [6, 6.07) is 11.1. The number of aryl methyl sites for hydroxylation is 1. The predicted octanol–water partition coefficient (Wildman–Crippen LogP) is 2.16. The molecule has 1 unspecified atom stereocenters. The van der Waals surface area contributed by atoms with E-state index in [4.69, 9.17) is 10.3 Å². The number of likely N-dealkylation sites (tertiary alicyclic amines) is 1. The van der Waals surface area contributed by atoms with Gasteiger partial charge in [-0.1, -0.05) is 41.9 Å². The summed E-state index contributed by atoms with van der Waals surface area (Å²) < 4.78 is 5.14. The third kappa shape index (κ3) is 4.16. The molecular formula is C17H22N4O2. The summed E-state index contributed by atoms with van der Waals surface area (Å²) in [5.74, 6) is -0.234. The third-order valence-corrected chi connectivity index (χ3v) is 4.38. The number of piperidine rings is 1. The van der Waals surface area contributed by atoms with Gasteiger partial charge >= 0.3 is 0 Å². The van der Waals surface area contributed by atoms with Crippen molar-refractivity contribution in [3.8, 4) is 0 Å². The Bertz CT molecular complexity index is 641. The lowest BCUT2D eigenvalue weighted by Gasteiger charge is -2.34. The lowest BCUT2D eigenvalue weighted by molar-refractivity contribution is 0.0987. The molecule has 1 aromatic heterocycles. The van der Waals surface area contributed by atoms with E-state index in [2.05, 4.69) is 39.3 Å². The van der Waals surface area contributed by atoms with Crippen LogP contribution < -0.4 is 5.73 Å². The summed E-state index contributed by atoms with van der Waals surface area (Å²) in [6.07, 6.45) is 5.80. The van der Waals surface area contributed by atoms with Gasteiger partial charge < -0.3 is 10.3 Å². The van der Waals surface area contributed by atoms with Crippen LogP contribution >= 0.6 is 0 Å². The van der Waals surface area contributed by atoms with Crippen molar-refractivity contribution in [1.29, 1.82) is 0 Å². The van der Waals surface area contributed by atoms with Gasteiger partial charge in [-0.15, -0.1) is 0 Å². The zero-order valence-corrected chi connectivity index (χ0v) is 13.1. The maximum Gasteiger partial charge on any atom is 0.290 e. The molecule has 6 nitrogen and oxygen atoms in total. The van der Waals surface area contributed by atoms with Gasteiger partial charge in [0, 0.05) is 6.04 Å². The standard InChI is InChI=1S/C17H22N4O2/c18-16(22)17-19-15(23-20-17)12-21-11-5-4-8-14(21)10-9-13-6-2-1-3-7-13/h1-3,6-7,14H,4-5,8-12H2,(H2,18,22). The van der Waals surface area contributed by atoms with Crippen molar-refractivity contribution in [2.75, 3.05) is 6.54 Å². The molecule has 1 aliphatic rings. The predicted molar refractivity (Wildman–Crippen MR) is 85.6 cm³/mol. The molecule has 1 aliphatic heterocycles. The van der Waals surface area contributed by atoms with Gasteiger partial charge in [-0.3, -0.25) is 9.69 Å². The second kappa shape index (κ2) is 7.37. The number of hydrogen-bond acceptors (Lipinski definition) is 5. The minimum atomic E-state index is -0.653. The van der Waals surface area contributed by atoms with E-state index in [1.54, 1.807) is 0 Å². The average molecular weight is 314 g/mol. The SMILES string of the molecule is NC(=O)c1noc(CN2CCCCC2CCc2ccccc2)n1. The van der Waals surface area contributed by atoms with Gasteiger partial charge in [0.15, 0.2) is 0 Å². The van der Waals surface area contributed by atoms with E-state index in [1.165, 1.54) is 24.8 Å². The Balaban J connectivity index is 1.60. The van der Waals surface area contributed by atoms with Crippen molar-refractivity contribution in [3.05, 3.63) is 47.6 Å². The maximum atomic E-state index is 11.1. The molecule has 0 aliphatic carbocycles. The number of primary amides is 1. The fraction of sp³-hybridized carbons (Fsp3) is 0.471. The highest BCUT2D eigenvalue weighted by atomic mass is 16.5. The van der Waals surface area contributed by atoms with Crippen LogP contribution in [-0.4, -0.2) is 33.5 Å². The topological polar surface area (TPSA) is 85.2 Å². The summed E-state index contributed by atoms with van der Waals surface area (Å²) >= 11 is 0. The highest BCUT2D eigenvalue weighted by molar-refractivity contribution is 5.88. The smallest absolute Gasteiger partial charge is 0.290 e. The van der Waals surface area contributed by atoms with Crippen LogP contribution in [0.3, 0.4) is 0 Å². The Morgan fingerprint density at radius 2 is 2.13 bits per heavy atom. The second-order valence-electron chi connectivity index (χ2n) is 6.02. The number of hydrogen-bond donors (Lipinski definition) is 1. The Hall–Kier alpha value is -2.21. The van der Waals surface area contributed by atoms with Crippen LogP contribution in [0.1, 0.15) is 47.8 Å². The maximum absolute atomic E-state index is 11.1. The summed E-state index contributed by atoms with van der Waals surface area (Å²) in [6.45, 7) is 1.60. The lowest BCUT2D eigenvalue weighted by Crippen LogP contribution is -2.39. The normalized spacial score (nSPS) is 18.9. The van der Waals surface area contributed by atoms with Crippen LogP contribution in [-0.2, 0) is 13.0 Å². The minimum Gasteiger partial charge on any atom is -0.363 e. The molecule has 0 radical (unpaired) electrons. The van der Waals surface area contributed by atoms with Crippen LogP contribution in [0.5, 0.6) is 0 Å². The Morgan fingerprint density at radius 3 is 2.87 bits per heavy atom. The van der Waals surface area contributed by atoms with Crippen LogP contribution in [0.15, 0.2) is 34.9 Å². The van der Waals surface area contributed by atoms with Gasteiger partial charge in [0.25, 0.3) is 11.7 Å². The molecule has 0 saturated carbocycles. The largest absolute Gasteiger partial charge is 0.363 e. The van der Waals surface area contributed by atoms with E-state index < -0.39 is 5.91 Å². The van der Waals surface area contributed by atoms with Gasteiger partial charge in [0.2, 0.25) is 5.89 Å². The molecule has 2 N–H and O–H groups in total. The van der Waals surface area contributed by atoms with Gasteiger partial charge in [-0.05, 0) is 37.8 Å². The highest BCUT2D eigenvalue weighted by Crippen LogP contribution is 2.23. The Morgan fingerprint density at radius 1 is 1.30 bits per heavy atom. The zero-order chi connectivity index (χ0) is 16.1. The quantitative estimate of drug-likeness (QED) is 0.883. The van der Waals surface area contributed by atoms with E-state index in [0.717, 1.165) is 19.4 Å². The van der Waals surface area contributed by atoms with Crippen molar-refractivity contribution in [2.24, 2.45) is 5.73 Å². The molecule has 2 aromatic rings. The van der Waals surface area contributed by atoms with E-state index in [0.29, 0.717) is 18.5 Å². The molecule has 0 bridgehead atoms. The number of amides is 1.